The number of rotatable bonds is 4. The van der Waals surface area contributed by atoms with E-state index in [2.05, 4.69) is 15.1 Å². The van der Waals surface area contributed by atoms with Gasteiger partial charge < -0.3 is 9.72 Å². The Morgan fingerprint density at radius 2 is 1.87 bits per heavy atom. The quantitative estimate of drug-likeness (QED) is 0.495. The molecule has 0 spiro atoms. The van der Waals surface area contributed by atoms with Gasteiger partial charge in [-0.25, -0.2) is 14.5 Å². The fraction of sp³-hybridized carbons (Fsp3) is 0.273. The number of benzene rings is 1. The summed E-state index contributed by atoms with van der Waals surface area (Å²) in [6.45, 7) is 9.47. The van der Waals surface area contributed by atoms with Crippen LogP contribution in [0.15, 0.2) is 35.1 Å². The highest BCUT2D eigenvalue weighted by molar-refractivity contribution is 7.18. The Labute approximate surface area is 177 Å². The van der Waals surface area contributed by atoms with E-state index in [0.717, 1.165) is 27.5 Å². The fourth-order valence-electron chi connectivity index (χ4n) is 3.38. The van der Waals surface area contributed by atoms with Gasteiger partial charge in [0.2, 0.25) is 0 Å². The summed E-state index contributed by atoms with van der Waals surface area (Å²) in [6, 6.07) is 9.04. The van der Waals surface area contributed by atoms with Gasteiger partial charge in [-0.3, -0.25) is 4.79 Å². The zero-order chi connectivity index (χ0) is 21.6. The Morgan fingerprint density at radius 3 is 2.50 bits per heavy atom. The van der Waals surface area contributed by atoms with Crippen molar-refractivity contribution in [2.75, 3.05) is 0 Å². The molecular formula is C22H22N4O3S. The molecule has 3 heterocycles. The second kappa shape index (κ2) is 7.53. The van der Waals surface area contributed by atoms with Crippen molar-refractivity contribution >= 4 is 27.5 Å². The second-order valence-corrected chi connectivity index (χ2v) is 8.55. The summed E-state index contributed by atoms with van der Waals surface area (Å²) in [5, 5.41) is 5.04. The van der Waals surface area contributed by atoms with Crippen molar-refractivity contribution in [3.63, 3.8) is 0 Å². The van der Waals surface area contributed by atoms with E-state index in [0.29, 0.717) is 21.6 Å². The molecule has 0 aliphatic heterocycles. The van der Waals surface area contributed by atoms with Crippen LogP contribution < -0.4 is 5.56 Å². The van der Waals surface area contributed by atoms with Crippen molar-refractivity contribution in [2.24, 2.45) is 0 Å². The number of H-pyrrole nitrogens is 1. The SMILES string of the molecule is Cc1cc(C)n(-c2ccc(C(=O)OC(C)c3nc4sc(C)c(C)c4c(=O)[nH]3)cc2)n1. The highest BCUT2D eigenvalue weighted by Gasteiger charge is 2.19. The molecule has 0 amide bonds. The van der Waals surface area contributed by atoms with E-state index < -0.39 is 12.1 Å². The monoisotopic (exact) mass is 422 g/mol. The molecule has 154 valence electrons. The minimum atomic E-state index is -0.687. The van der Waals surface area contributed by atoms with E-state index in [-0.39, 0.29) is 5.56 Å². The lowest BCUT2D eigenvalue weighted by atomic mass is 10.2. The van der Waals surface area contributed by atoms with E-state index in [1.807, 2.05) is 50.6 Å². The first-order chi connectivity index (χ1) is 14.2. The second-order valence-electron chi connectivity index (χ2n) is 7.35. The molecule has 1 atom stereocenters. The van der Waals surface area contributed by atoms with Crippen LogP contribution in [0, 0.1) is 27.7 Å². The van der Waals surface area contributed by atoms with Crippen molar-refractivity contribution in [1.82, 2.24) is 19.7 Å². The van der Waals surface area contributed by atoms with Crippen molar-refractivity contribution in [1.29, 1.82) is 0 Å². The summed E-state index contributed by atoms with van der Waals surface area (Å²) in [6.07, 6.45) is -0.687. The number of aromatic amines is 1. The maximum Gasteiger partial charge on any atom is 0.338 e. The number of esters is 1. The summed E-state index contributed by atoms with van der Waals surface area (Å²) in [5.74, 6) is -0.148. The van der Waals surface area contributed by atoms with Crippen molar-refractivity contribution in [3.8, 4) is 5.69 Å². The number of aryl methyl sites for hydroxylation is 4. The molecule has 8 heteroatoms. The molecule has 0 aliphatic rings. The molecule has 3 aromatic heterocycles. The van der Waals surface area contributed by atoms with Crippen LogP contribution in [-0.2, 0) is 4.74 Å². The van der Waals surface area contributed by atoms with E-state index in [4.69, 9.17) is 4.74 Å². The van der Waals surface area contributed by atoms with E-state index in [1.165, 1.54) is 11.3 Å². The molecule has 0 fully saturated rings. The number of aromatic nitrogens is 4. The molecule has 1 unspecified atom stereocenters. The molecular weight excluding hydrogens is 400 g/mol. The lowest BCUT2D eigenvalue weighted by Crippen LogP contribution is -2.17. The zero-order valence-electron chi connectivity index (χ0n) is 17.4. The summed E-state index contributed by atoms with van der Waals surface area (Å²) in [4.78, 5) is 34.0. The molecule has 4 aromatic rings. The molecule has 4 rings (SSSR count). The Kier molecular flexibility index (Phi) is 5.03. The van der Waals surface area contributed by atoms with E-state index >= 15 is 0 Å². The summed E-state index contributed by atoms with van der Waals surface area (Å²) in [7, 11) is 0. The van der Waals surface area contributed by atoms with Crippen LogP contribution in [0.4, 0.5) is 0 Å². The normalized spacial score (nSPS) is 12.3. The van der Waals surface area contributed by atoms with E-state index in [1.54, 1.807) is 19.1 Å². The minimum Gasteiger partial charge on any atom is -0.451 e. The number of ether oxygens (including phenoxy) is 1. The van der Waals surface area contributed by atoms with Crippen LogP contribution >= 0.6 is 11.3 Å². The molecule has 0 aliphatic carbocycles. The molecule has 1 aromatic carbocycles. The molecule has 30 heavy (non-hydrogen) atoms. The predicted molar refractivity (Wildman–Crippen MR) is 117 cm³/mol. The fourth-order valence-corrected chi connectivity index (χ4v) is 4.41. The van der Waals surface area contributed by atoms with Gasteiger partial charge in [0.05, 0.1) is 22.3 Å². The summed E-state index contributed by atoms with van der Waals surface area (Å²) >= 11 is 1.46. The lowest BCUT2D eigenvalue weighted by Gasteiger charge is -2.13. The first-order valence-corrected chi connectivity index (χ1v) is 10.4. The highest BCUT2D eigenvalue weighted by Crippen LogP contribution is 2.27. The Bertz CT molecular complexity index is 1310. The van der Waals surface area contributed by atoms with Crippen molar-refractivity contribution in [2.45, 2.75) is 40.7 Å². The Morgan fingerprint density at radius 1 is 1.17 bits per heavy atom. The van der Waals surface area contributed by atoms with Crippen LogP contribution in [0.2, 0.25) is 0 Å². The standard InChI is InChI=1S/C22H22N4O3S/c1-11-10-12(2)26(25-11)17-8-6-16(7-9-17)22(28)29-14(4)19-23-20(27)18-13(3)15(5)30-21(18)24-19/h6-10,14H,1-5H3,(H,23,24,27). The lowest BCUT2D eigenvalue weighted by molar-refractivity contribution is 0.0320. The summed E-state index contributed by atoms with van der Waals surface area (Å²) < 4.78 is 7.37. The Hall–Kier alpha value is -3.26. The van der Waals surface area contributed by atoms with E-state index in [9.17, 15) is 9.59 Å². The number of hydrogen-bond acceptors (Lipinski definition) is 6. The zero-order valence-corrected chi connectivity index (χ0v) is 18.3. The first-order valence-electron chi connectivity index (χ1n) is 9.59. The predicted octanol–water partition coefficient (Wildman–Crippen LogP) is 4.32. The number of nitrogens with zero attached hydrogens (tertiary/aromatic N) is 3. The minimum absolute atomic E-state index is 0.214. The third kappa shape index (κ3) is 3.54. The molecule has 0 radical (unpaired) electrons. The van der Waals surface area contributed by atoms with Crippen LogP contribution in [-0.4, -0.2) is 25.7 Å². The van der Waals surface area contributed by atoms with Gasteiger partial charge in [-0.05, 0) is 70.5 Å². The van der Waals surface area contributed by atoms with Crippen molar-refractivity contribution in [3.05, 3.63) is 73.9 Å². The van der Waals surface area contributed by atoms with Gasteiger partial charge in [-0.15, -0.1) is 11.3 Å². The average molecular weight is 423 g/mol. The topological polar surface area (TPSA) is 89.9 Å². The number of carbonyl (C=O) groups excluding carboxylic acids is 1. The molecule has 1 N–H and O–H groups in total. The third-order valence-corrected chi connectivity index (χ3v) is 6.18. The van der Waals surface area contributed by atoms with Gasteiger partial charge >= 0.3 is 5.97 Å². The smallest absolute Gasteiger partial charge is 0.338 e. The molecule has 7 nitrogen and oxygen atoms in total. The van der Waals surface area contributed by atoms with Crippen LogP contribution in [0.5, 0.6) is 0 Å². The van der Waals surface area contributed by atoms with Gasteiger partial charge in [0.25, 0.3) is 5.56 Å². The third-order valence-electron chi connectivity index (χ3n) is 5.08. The maximum atomic E-state index is 12.6. The molecule has 0 saturated carbocycles. The largest absolute Gasteiger partial charge is 0.451 e. The van der Waals surface area contributed by atoms with Gasteiger partial charge in [-0.2, -0.15) is 5.10 Å². The highest BCUT2D eigenvalue weighted by atomic mass is 32.1. The average Bonchev–Trinajstić information content (AvgIpc) is 3.19. The maximum absolute atomic E-state index is 12.6. The number of thiophene rings is 1. The van der Waals surface area contributed by atoms with Gasteiger partial charge in [0, 0.05) is 10.6 Å². The van der Waals surface area contributed by atoms with Gasteiger partial charge in [0.15, 0.2) is 11.9 Å². The van der Waals surface area contributed by atoms with Crippen LogP contribution in [0.25, 0.3) is 15.9 Å². The van der Waals surface area contributed by atoms with Crippen LogP contribution in [0.3, 0.4) is 0 Å². The first kappa shape index (κ1) is 20.0. The van der Waals surface area contributed by atoms with Crippen LogP contribution in [0.1, 0.15) is 51.0 Å². The van der Waals surface area contributed by atoms with Gasteiger partial charge in [-0.1, -0.05) is 0 Å². The number of nitrogens with one attached hydrogen (secondary N) is 1. The summed E-state index contributed by atoms with van der Waals surface area (Å²) in [5.41, 5.74) is 3.94. The number of hydrogen-bond donors (Lipinski definition) is 1. The van der Waals surface area contributed by atoms with Gasteiger partial charge in [0.1, 0.15) is 4.83 Å². The molecule has 0 saturated heterocycles. The van der Waals surface area contributed by atoms with Crippen molar-refractivity contribution < 1.29 is 9.53 Å². The Balaban J connectivity index is 1.54. The molecule has 0 bridgehead atoms. The number of carbonyl (C=O) groups is 1. The number of fused-ring (bicyclic) bond motifs is 1.